The Balaban J connectivity index is 2.12. The van der Waals surface area contributed by atoms with Gasteiger partial charge in [0.25, 0.3) is 5.69 Å². The van der Waals surface area contributed by atoms with Crippen LogP contribution in [0.25, 0.3) is 0 Å². The highest BCUT2D eigenvalue weighted by atomic mass is 32.2. The molecule has 1 saturated heterocycles. The zero-order valence-corrected chi connectivity index (χ0v) is 13.1. The van der Waals surface area contributed by atoms with Crippen LogP contribution in [-0.4, -0.2) is 55.0 Å². The predicted molar refractivity (Wildman–Crippen MR) is 79.4 cm³/mol. The van der Waals surface area contributed by atoms with Gasteiger partial charge in [0.1, 0.15) is 5.82 Å². The summed E-state index contributed by atoms with van der Waals surface area (Å²) in [5.41, 5.74) is 0.184. The molecule has 9 heteroatoms. The molecule has 0 amide bonds. The second-order valence-corrected chi connectivity index (χ2v) is 7.30. The first-order valence-electron chi connectivity index (χ1n) is 6.87. The molecule has 0 spiro atoms. The minimum absolute atomic E-state index is 0.120. The number of nitro groups is 1. The third-order valence-electron chi connectivity index (χ3n) is 3.65. The first kappa shape index (κ1) is 16.8. The molecule has 22 heavy (non-hydrogen) atoms. The van der Waals surface area contributed by atoms with Gasteiger partial charge >= 0.3 is 0 Å². The van der Waals surface area contributed by atoms with Gasteiger partial charge in [0.2, 0.25) is 10.0 Å². The van der Waals surface area contributed by atoms with E-state index in [1.807, 2.05) is 4.90 Å². The number of nitrogens with zero attached hydrogens (tertiary/aromatic N) is 3. The number of rotatable bonds is 4. The van der Waals surface area contributed by atoms with E-state index >= 15 is 0 Å². The normalized spacial score (nSPS) is 18.1. The maximum atomic E-state index is 13.3. The lowest BCUT2D eigenvalue weighted by Gasteiger charge is -2.20. The number of benzene rings is 1. The number of halogens is 1. The summed E-state index contributed by atoms with van der Waals surface area (Å²) in [6, 6.07) is 3.39. The number of hydrogen-bond acceptors (Lipinski definition) is 5. The summed E-state index contributed by atoms with van der Waals surface area (Å²) in [5, 5.41) is 11.0. The van der Waals surface area contributed by atoms with Crippen molar-refractivity contribution >= 4 is 15.7 Å². The minimum atomic E-state index is -3.24. The number of hydrogen-bond donors (Lipinski definition) is 0. The largest absolute Gasteiger partial charge is 0.297 e. The topological polar surface area (TPSA) is 83.8 Å². The Morgan fingerprint density at radius 3 is 2.64 bits per heavy atom. The average Bonchev–Trinajstić information content (AvgIpc) is 2.63. The van der Waals surface area contributed by atoms with Crippen LogP contribution < -0.4 is 0 Å². The van der Waals surface area contributed by atoms with Crippen molar-refractivity contribution in [1.82, 2.24) is 9.21 Å². The summed E-state index contributed by atoms with van der Waals surface area (Å²) >= 11 is 0. The molecule has 7 nitrogen and oxygen atoms in total. The Hall–Kier alpha value is -1.58. The standard InChI is InChI=1S/C13H18FN3O4S/c1-22(20,21)16-6-2-5-15(7-8-16)10-11-9-12(14)3-4-13(11)17(18)19/h3-4,9H,2,5-8,10H2,1H3. The van der Waals surface area contributed by atoms with Gasteiger partial charge in [-0.05, 0) is 25.1 Å². The van der Waals surface area contributed by atoms with Gasteiger partial charge < -0.3 is 0 Å². The zero-order chi connectivity index (χ0) is 16.3. The molecule has 0 aliphatic carbocycles. The van der Waals surface area contributed by atoms with E-state index in [0.717, 1.165) is 18.2 Å². The van der Waals surface area contributed by atoms with Crippen LogP contribution in [0.4, 0.5) is 10.1 Å². The Kier molecular flexibility index (Phi) is 5.09. The van der Waals surface area contributed by atoms with Gasteiger partial charge in [-0.3, -0.25) is 15.0 Å². The van der Waals surface area contributed by atoms with Gasteiger partial charge in [-0.25, -0.2) is 17.1 Å². The van der Waals surface area contributed by atoms with Crippen LogP contribution in [0, 0.1) is 15.9 Å². The van der Waals surface area contributed by atoms with Crippen LogP contribution in [-0.2, 0) is 16.6 Å². The van der Waals surface area contributed by atoms with E-state index in [-0.39, 0.29) is 12.2 Å². The van der Waals surface area contributed by atoms with Crippen LogP contribution >= 0.6 is 0 Å². The van der Waals surface area contributed by atoms with E-state index in [9.17, 15) is 22.9 Å². The summed E-state index contributed by atoms with van der Waals surface area (Å²) in [6.07, 6.45) is 1.80. The Labute approximate surface area is 128 Å². The van der Waals surface area contributed by atoms with Gasteiger partial charge in [-0.15, -0.1) is 0 Å². The van der Waals surface area contributed by atoms with Gasteiger partial charge in [-0.1, -0.05) is 0 Å². The van der Waals surface area contributed by atoms with E-state index in [0.29, 0.717) is 38.2 Å². The number of nitro benzene ring substituents is 1. The molecular weight excluding hydrogens is 313 g/mol. The van der Waals surface area contributed by atoms with E-state index < -0.39 is 20.8 Å². The Bertz CT molecular complexity index is 665. The minimum Gasteiger partial charge on any atom is -0.297 e. The zero-order valence-electron chi connectivity index (χ0n) is 12.2. The maximum Gasteiger partial charge on any atom is 0.274 e. The quantitative estimate of drug-likeness (QED) is 0.611. The van der Waals surface area contributed by atoms with E-state index in [4.69, 9.17) is 0 Å². The highest BCUT2D eigenvalue weighted by Gasteiger charge is 2.23. The van der Waals surface area contributed by atoms with Crippen molar-refractivity contribution in [2.45, 2.75) is 13.0 Å². The van der Waals surface area contributed by atoms with Crippen molar-refractivity contribution in [2.24, 2.45) is 0 Å². The second-order valence-electron chi connectivity index (χ2n) is 5.32. The van der Waals surface area contributed by atoms with E-state index in [1.54, 1.807) is 0 Å². The second kappa shape index (κ2) is 6.67. The molecule has 1 fully saturated rings. The SMILES string of the molecule is CS(=O)(=O)N1CCCN(Cc2cc(F)ccc2[N+](=O)[O-])CC1. The van der Waals surface area contributed by atoms with Gasteiger partial charge in [0.15, 0.2) is 0 Å². The molecule has 0 unspecified atom stereocenters. The summed E-state index contributed by atoms with van der Waals surface area (Å²) < 4.78 is 37.9. The lowest BCUT2D eigenvalue weighted by atomic mass is 10.1. The summed E-state index contributed by atoms with van der Waals surface area (Å²) in [7, 11) is -3.24. The maximum absolute atomic E-state index is 13.3. The first-order valence-corrected chi connectivity index (χ1v) is 8.72. The molecule has 0 aromatic heterocycles. The van der Waals surface area contributed by atoms with E-state index in [2.05, 4.69) is 0 Å². The molecular formula is C13H18FN3O4S. The molecule has 122 valence electrons. The van der Waals surface area contributed by atoms with Crippen LogP contribution in [0.5, 0.6) is 0 Å². The van der Waals surface area contributed by atoms with Crippen molar-refractivity contribution in [3.8, 4) is 0 Å². The molecule has 1 aromatic carbocycles. The van der Waals surface area contributed by atoms with Crippen molar-refractivity contribution in [1.29, 1.82) is 0 Å². The van der Waals surface area contributed by atoms with Crippen molar-refractivity contribution < 1.29 is 17.7 Å². The fourth-order valence-corrected chi connectivity index (χ4v) is 3.41. The molecule has 1 aliphatic heterocycles. The average molecular weight is 331 g/mol. The predicted octanol–water partition coefficient (Wildman–Crippen LogP) is 1.20. The fourth-order valence-electron chi connectivity index (χ4n) is 2.54. The lowest BCUT2D eigenvalue weighted by molar-refractivity contribution is -0.385. The van der Waals surface area contributed by atoms with Crippen molar-refractivity contribution in [2.75, 3.05) is 32.4 Å². The molecule has 2 rings (SSSR count). The smallest absolute Gasteiger partial charge is 0.274 e. The lowest BCUT2D eigenvalue weighted by Crippen LogP contribution is -2.34. The van der Waals surface area contributed by atoms with Crippen molar-refractivity contribution in [3.05, 3.63) is 39.7 Å². The highest BCUT2D eigenvalue weighted by Crippen LogP contribution is 2.22. The highest BCUT2D eigenvalue weighted by molar-refractivity contribution is 7.88. The van der Waals surface area contributed by atoms with E-state index in [1.165, 1.54) is 10.6 Å². The monoisotopic (exact) mass is 331 g/mol. The molecule has 0 saturated carbocycles. The summed E-state index contributed by atoms with van der Waals surface area (Å²) in [4.78, 5) is 12.4. The molecule has 0 bridgehead atoms. The van der Waals surface area contributed by atoms with Crippen molar-refractivity contribution in [3.63, 3.8) is 0 Å². The molecule has 1 aromatic rings. The number of sulfonamides is 1. The van der Waals surface area contributed by atoms with Gasteiger partial charge in [0, 0.05) is 37.8 Å². The summed E-state index contributed by atoms with van der Waals surface area (Å²) in [5.74, 6) is -0.520. The Morgan fingerprint density at radius 1 is 1.27 bits per heavy atom. The van der Waals surface area contributed by atoms with Gasteiger partial charge in [0.05, 0.1) is 11.2 Å². The van der Waals surface area contributed by atoms with Crippen LogP contribution in [0.15, 0.2) is 18.2 Å². The molecule has 1 heterocycles. The van der Waals surface area contributed by atoms with Crippen LogP contribution in [0.3, 0.4) is 0 Å². The third-order valence-corrected chi connectivity index (χ3v) is 4.95. The molecule has 0 radical (unpaired) electrons. The van der Waals surface area contributed by atoms with Gasteiger partial charge in [-0.2, -0.15) is 0 Å². The third kappa shape index (κ3) is 4.21. The summed E-state index contributed by atoms with van der Waals surface area (Å²) in [6.45, 7) is 2.06. The molecule has 0 N–H and O–H groups in total. The molecule has 0 atom stereocenters. The fraction of sp³-hybridized carbons (Fsp3) is 0.538. The van der Waals surface area contributed by atoms with Crippen LogP contribution in [0.2, 0.25) is 0 Å². The Morgan fingerprint density at radius 2 is 2.00 bits per heavy atom. The first-order chi connectivity index (χ1) is 10.3. The molecule has 1 aliphatic rings. The van der Waals surface area contributed by atoms with Crippen LogP contribution in [0.1, 0.15) is 12.0 Å².